The first-order valence-electron chi connectivity index (χ1n) is 7.15. The number of furan rings is 1. The van der Waals surface area contributed by atoms with E-state index >= 15 is 0 Å². The minimum Gasteiger partial charge on any atom is -0.472 e. The lowest BCUT2D eigenvalue weighted by molar-refractivity contribution is 0.0733. The Balaban J connectivity index is 0.00000208. The van der Waals surface area contributed by atoms with Crippen molar-refractivity contribution in [3.63, 3.8) is 0 Å². The van der Waals surface area contributed by atoms with E-state index in [9.17, 15) is 13.2 Å². The normalized spacial score (nSPS) is 14.0. The van der Waals surface area contributed by atoms with E-state index in [0.717, 1.165) is 22.9 Å². The van der Waals surface area contributed by atoms with Crippen LogP contribution in [0.5, 0.6) is 0 Å². The summed E-state index contributed by atoms with van der Waals surface area (Å²) in [6, 6.07) is 1.64. The molecule has 24 heavy (non-hydrogen) atoms. The number of halogens is 1. The molecular formula is C15H18ClN3O4S. The molecule has 0 saturated carbocycles. The summed E-state index contributed by atoms with van der Waals surface area (Å²) in [6.45, 7) is 1.25. The molecule has 0 radical (unpaired) electrons. The van der Waals surface area contributed by atoms with Gasteiger partial charge in [-0.15, -0.1) is 12.4 Å². The molecule has 0 spiro atoms. The highest BCUT2D eigenvalue weighted by Gasteiger charge is 2.24. The van der Waals surface area contributed by atoms with Gasteiger partial charge in [-0.2, -0.15) is 0 Å². The molecule has 3 heterocycles. The van der Waals surface area contributed by atoms with Crippen molar-refractivity contribution in [1.82, 2.24) is 14.6 Å². The van der Waals surface area contributed by atoms with E-state index in [2.05, 4.69) is 9.71 Å². The molecule has 2 aromatic heterocycles. The number of hydrogen-bond donors (Lipinski definition) is 1. The summed E-state index contributed by atoms with van der Waals surface area (Å²) < 4.78 is 29.9. The molecule has 130 valence electrons. The average Bonchev–Trinajstić information content (AvgIpc) is 3.05. The Kier molecular flexibility index (Phi) is 5.63. The van der Waals surface area contributed by atoms with Crippen LogP contribution in [-0.2, 0) is 29.5 Å². The third-order valence-electron chi connectivity index (χ3n) is 3.81. The van der Waals surface area contributed by atoms with Gasteiger partial charge in [-0.3, -0.25) is 9.78 Å². The van der Waals surface area contributed by atoms with Crippen LogP contribution in [0.1, 0.15) is 27.0 Å². The maximum absolute atomic E-state index is 12.4. The van der Waals surface area contributed by atoms with Gasteiger partial charge in [0.05, 0.1) is 18.1 Å². The second kappa shape index (κ2) is 7.33. The first-order valence-corrected chi connectivity index (χ1v) is 9.04. The quantitative estimate of drug-likeness (QED) is 0.875. The number of hydrogen-bond acceptors (Lipinski definition) is 5. The number of carbonyl (C=O) groups excluding carboxylic acids is 1. The maximum atomic E-state index is 12.4. The van der Waals surface area contributed by atoms with Gasteiger partial charge in [-0.1, -0.05) is 0 Å². The first-order chi connectivity index (χ1) is 10.9. The summed E-state index contributed by atoms with van der Waals surface area (Å²) in [7, 11) is -3.26. The number of nitrogens with one attached hydrogen (secondary N) is 1. The Morgan fingerprint density at radius 2 is 2.21 bits per heavy atom. The van der Waals surface area contributed by atoms with Crippen molar-refractivity contribution in [2.24, 2.45) is 0 Å². The molecule has 0 aliphatic carbocycles. The molecule has 0 unspecified atom stereocenters. The van der Waals surface area contributed by atoms with Gasteiger partial charge in [0, 0.05) is 32.0 Å². The number of pyridine rings is 1. The maximum Gasteiger partial charge on any atom is 0.257 e. The largest absolute Gasteiger partial charge is 0.472 e. The zero-order valence-electron chi connectivity index (χ0n) is 13.1. The lowest BCUT2D eigenvalue weighted by Crippen LogP contribution is -2.36. The number of fused-ring (bicyclic) bond motifs is 1. The summed E-state index contributed by atoms with van der Waals surface area (Å²) in [5.41, 5.74) is 3.38. The molecule has 1 N–H and O–H groups in total. The van der Waals surface area contributed by atoms with Crippen LogP contribution in [0.3, 0.4) is 0 Å². The van der Waals surface area contributed by atoms with Gasteiger partial charge in [-0.05, 0) is 29.2 Å². The van der Waals surface area contributed by atoms with Crippen molar-refractivity contribution in [2.75, 3.05) is 12.8 Å². The Hall–Kier alpha value is -1.90. The molecule has 9 heteroatoms. The monoisotopic (exact) mass is 371 g/mol. The van der Waals surface area contributed by atoms with E-state index in [1.54, 1.807) is 23.4 Å². The van der Waals surface area contributed by atoms with Crippen molar-refractivity contribution in [1.29, 1.82) is 0 Å². The number of nitrogens with zero attached hydrogens (tertiary/aromatic N) is 2. The fourth-order valence-corrected chi connectivity index (χ4v) is 3.09. The molecule has 1 amide bonds. The summed E-state index contributed by atoms with van der Waals surface area (Å²) in [6.07, 6.45) is 8.10. The van der Waals surface area contributed by atoms with Crippen LogP contribution in [-0.4, -0.2) is 37.0 Å². The fourth-order valence-electron chi connectivity index (χ4n) is 2.67. The Morgan fingerprint density at radius 1 is 1.42 bits per heavy atom. The Labute approximate surface area is 146 Å². The van der Waals surface area contributed by atoms with E-state index in [4.69, 9.17) is 4.42 Å². The fraction of sp³-hybridized carbons (Fsp3) is 0.333. The molecule has 0 bridgehead atoms. The molecule has 0 fully saturated rings. The smallest absolute Gasteiger partial charge is 0.257 e. The SMILES string of the molecule is CS(=O)(=O)NCc1cncc2c1CCN(C(=O)c1ccoc1)C2.Cl. The van der Waals surface area contributed by atoms with Crippen LogP contribution >= 0.6 is 12.4 Å². The van der Waals surface area contributed by atoms with Gasteiger partial charge >= 0.3 is 0 Å². The van der Waals surface area contributed by atoms with Crippen molar-refractivity contribution >= 4 is 28.3 Å². The van der Waals surface area contributed by atoms with Crippen molar-refractivity contribution in [3.05, 3.63) is 53.2 Å². The molecule has 0 atom stereocenters. The predicted molar refractivity (Wildman–Crippen MR) is 90.3 cm³/mol. The molecule has 1 aliphatic heterocycles. The van der Waals surface area contributed by atoms with E-state index < -0.39 is 10.0 Å². The Morgan fingerprint density at radius 3 is 2.88 bits per heavy atom. The molecule has 7 nitrogen and oxygen atoms in total. The molecule has 1 aliphatic rings. The number of rotatable bonds is 4. The zero-order chi connectivity index (χ0) is 16.4. The van der Waals surface area contributed by atoms with Crippen LogP contribution in [0.15, 0.2) is 35.4 Å². The highest BCUT2D eigenvalue weighted by atomic mass is 35.5. The molecule has 0 aromatic carbocycles. The highest BCUT2D eigenvalue weighted by molar-refractivity contribution is 7.88. The van der Waals surface area contributed by atoms with Crippen LogP contribution in [0.2, 0.25) is 0 Å². The molecule has 3 rings (SSSR count). The number of carbonyl (C=O) groups is 1. The van der Waals surface area contributed by atoms with Gasteiger partial charge in [-0.25, -0.2) is 13.1 Å². The number of amides is 1. The topological polar surface area (TPSA) is 92.5 Å². The van der Waals surface area contributed by atoms with Crippen LogP contribution < -0.4 is 4.72 Å². The van der Waals surface area contributed by atoms with Crippen molar-refractivity contribution in [3.8, 4) is 0 Å². The summed E-state index contributed by atoms with van der Waals surface area (Å²) in [5.74, 6) is -0.0796. The van der Waals surface area contributed by atoms with Crippen molar-refractivity contribution < 1.29 is 17.6 Å². The summed E-state index contributed by atoms with van der Waals surface area (Å²) in [5, 5.41) is 0. The summed E-state index contributed by atoms with van der Waals surface area (Å²) >= 11 is 0. The van der Waals surface area contributed by atoms with Gasteiger partial charge in [0.1, 0.15) is 6.26 Å². The van der Waals surface area contributed by atoms with E-state index in [1.807, 2.05) is 0 Å². The minimum atomic E-state index is -3.26. The van der Waals surface area contributed by atoms with E-state index in [-0.39, 0.29) is 24.9 Å². The standard InChI is InChI=1S/C15H17N3O4S.ClH/c1-23(20,21)17-8-12-6-16-7-13-9-18(4-2-14(12)13)15(19)11-3-5-22-10-11;/h3,5-7,10,17H,2,4,8-9H2,1H3;1H. The predicted octanol–water partition coefficient (Wildman–Crippen LogP) is 1.34. The van der Waals surface area contributed by atoms with Crippen LogP contribution in [0.4, 0.5) is 0 Å². The molecule has 0 saturated heterocycles. The van der Waals surface area contributed by atoms with Crippen LogP contribution in [0, 0.1) is 0 Å². The lowest BCUT2D eigenvalue weighted by Gasteiger charge is -2.29. The Bertz CT molecular complexity index is 821. The van der Waals surface area contributed by atoms with E-state index in [0.29, 0.717) is 25.1 Å². The minimum absolute atomic E-state index is 0. The number of aromatic nitrogens is 1. The second-order valence-electron chi connectivity index (χ2n) is 5.52. The average molecular weight is 372 g/mol. The number of sulfonamides is 1. The van der Waals surface area contributed by atoms with Gasteiger partial charge < -0.3 is 9.32 Å². The molecule has 2 aromatic rings. The second-order valence-corrected chi connectivity index (χ2v) is 7.35. The van der Waals surface area contributed by atoms with Crippen LogP contribution in [0.25, 0.3) is 0 Å². The van der Waals surface area contributed by atoms with Gasteiger partial charge in [0.25, 0.3) is 5.91 Å². The first kappa shape index (κ1) is 18.4. The third-order valence-corrected chi connectivity index (χ3v) is 4.48. The van der Waals surface area contributed by atoms with Gasteiger partial charge in [0.15, 0.2) is 0 Å². The third kappa shape index (κ3) is 4.14. The van der Waals surface area contributed by atoms with Gasteiger partial charge in [0.2, 0.25) is 10.0 Å². The molecular weight excluding hydrogens is 354 g/mol. The van der Waals surface area contributed by atoms with E-state index in [1.165, 1.54) is 12.5 Å². The van der Waals surface area contributed by atoms with Crippen molar-refractivity contribution in [2.45, 2.75) is 19.5 Å². The lowest BCUT2D eigenvalue weighted by atomic mass is 9.97. The summed E-state index contributed by atoms with van der Waals surface area (Å²) in [4.78, 5) is 18.3. The zero-order valence-corrected chi connectivity index (χ0v) is 14.7. The highest BCUT2D eigenvalue weighted by Crippen LogP contribution is 2.23.